The molecule has 12 heteroatoms. The molecule has 1 rings (SSSR count). The largest absolute Gasteiger partial charge is 0.479 e. The van der Waals surface area contributed by atoms with Crippen LogP contribution in [0.4, 0.5) is 0 Å². The number of carbonyl (C=O) groups excluding carboxylic acids is 3. The molecule has 81 heavy (non-hydrogen) atoms. The van der Waals surface area contributed by atoms with Gasteiger partial charge in [-0.2, -0.15) is 0 Å². The highest BCUT2D eigenvalue weighted by Gasteiger charge is 2.50. The van der Waals surface area contributed by atoms with Gasteiger partial charge in [-0.15, -0.1) is 0 Å². The van der Waals surface area contributed by atoms with Crippen LogP contribution in [0.1, 0.15) is 290 Å². The van der Waals surface area contributed by atoms with Crippen LogP contribution in [-0.4, -0.2) is 89.2 Å². The zero-order chi connectivity index (χ0) is 58.9. The highest BCUT2D eigenvalue weighted by molar-refractivity contribution is 5.74. The molecule has 0 aliphatic carbocycles. The molecule has 0 aromatic heterocycles. The molecule has 466 valence electrons. The molecule has 0 spiro atoms. The van der Waals surface area contributed by atoms with Crippen LogP contribution in [0.3, 0.4) is 0 Å². The highest BCUT2D eigenvalue weighted by Crippen LogP contribution is 2.27. The Labute approximate surface area is 493 Å². The van der Waals surface area contributed by atoms with Gasteiger partial charge in [0.05, 0.1) is 6.61 Å². The number of aliphatic hydroxyl groups is 2. The number of carbonyl (C=O) groups is 4. The monoisotopic (exact) mass is 1140 g/mol. The highest BCUT2D eigenvalue weighted by atomic mass is 16.7. The molecule has 1 aliphatic rings. The van der Waals surface area contributed by atoms with Crippen LogP contribution in [0.15, 0.2) is 72.9 Å². The van der Waals surface area contributed by atoms with Crippen molar-refractivity contribution in [3.05, 3.63) is 72.9 Å². The van der Waals surface area contributed by atoms with Crippen LogP contribution in [-0.2, 0) is 42.9 Å². The van der Waals surface area contributed by atoms with Crippen molar-refractivity contribution in [1.29, 1.82) is 0 Å². The van der Waals surface area contributed by atoms with Gasteiger partial charge in [0.15, 0.2) is 24.6 Å². The first-order valence-corrected chi connectivity index (χ1v) is 32.9. The average molecular weight is 1140 g/mol. The molecular weight excluding hydrogens is 1020 g/mol. The number of ether oxygens (including phenoxy) is 5. The van der Waals surface area contributed by atoms with E-state index in [1.54, 1.807) is 0 Å². The van der Waals surface area contributed by atoms with Crippen molar-refractivity contribution in [2.45, 2.75) is 327 Å². The van der Waals surface area contributed by atoms with Crippen LogP contribution in [0.25, 0.3) is 0 Å². The van der Waals surface area contributed by atoms with E-state index in [0.29, 0.717) is 19.3 Å². The number of carboxylic acids is 1. The molecule has 6 atom stereocenters. The van der Waals surface area contributed by atoms with Gasteiger partial charge in [0.2, 0.25) is 0 Å². The Balaban J connectivity index is 2.67. The summed E-state index contributed by atoms with van der Waals surface area (Å²) in [4.78, 5) is 51.4. The van der Waals surface area contributed by atoms with Gasteiger partial charge in [-0.3, -0.25) is 14.4 Å². The number of hydrogen-bond acceptors (Lipinski definition) is 11. The molecule has 3 N–H and O–H groups in total. The van der Waals surface area contributed by atoms with Crippen molar-refractivity contribution in [1.82, 2.24) is 0 Å². The standard InChI is InChI=1S/C69H118O12/c1-4-7-10-13-16-19-22-25-28-31-34-37-40-43-46-49-52-55-61(70)77-58-60(79-62(71)56-53-50-47-44-41-38-35-32-29-26-23-20-17-14-11-8-5-2)59-78-69-67(65(74)64(73)66(81-69)68(75)76)80-63(72)57-54-51-48-45-42-39-36-33-30-27-24-21-18-15-12-9-6-3/h7,10,16,18-19,21,25,27-28,30,34,37,60,64-67,69,73-74H,4-6,8-9,11-15,17,20,22-24,26,29,31-33,35-36,38-59H2,1-3H3,(H,75,76)/b10-7-,19-16-,21-18-,28-25-,30-27-,37-34-. The molecule has 6 unspecified atom stereocenters. The topological polar surface area (TPSA) is 175 Å². The second-order valence-electron chi connectivity index (χ2n) is 22.4. The van der Waals surface area contributed by atoms with Crippen molar-refractivity contribution in [3.8, 4) is 0 Å². The summed E-state index contributed by atoms with van der Waals surface area (Å²) >= 11 is 0. The Hall–Kier alpha value is -3.84. The summed E-state index contributed by atoms with van der Waals surface area (Å²) in [6.45, 7) is 5.87. The van der Waals surface area contributed by atoms with Gasteiger partial charge in [0, 0.05) is 19.3 Å². The third kappa shape index (κ3) is 46.3. The number of unbranched alkanes of at least 4 members (excludes halogenated alkanes) is 30. The fourth-order valence-electron chi connectivity index (χ4n) is 9.74. The van der Waals surface area contributed by atoms with Crippen molar-refractivity contribution < 1.29 is 58.2 Å². The fourth-order valence-corrected chi connectivity index (χ4v) is 9.74. The number of hydrogen-bond donors (Lipinski definition) is 3. The first-order chi connectivity index (χ1) is 39.6. The molecule has 0 aromatic rings. The SMILES string of the molecule is CC/C=C\C/C=C\C/C=C\C/C=C\CCCCCCC(=O)OCC(COC1OC(C(=O)O)C(O)C(O)C1OC(=O)CCCCCCCCC/C=C\C/C=C\CCCCC)OC(=O)CCCCCCCCCCCCCCCCCCC. The third-order valence-corrected chi connectivity index (χ3v) is 14.8. The van der Waals surface area contributed by atoms with Crippen LogP contribution < -0.4 is 0 Å². The Morgan fingerprint density at radius 1 is 0.420 bits per heavy atom. The smallest absolute Gasteiger partial charge is 0.335 e. The minimum absolute atomic E-state index is 0.0487. The lowest BCUT2D eigenvalue weighted by Crippen LogP contribution is -2.61. The Bertz CT molecular complexity index is 1680. The summed E-state index contributed by atoms with van der Waals surface area (Å²) in [6, 6.07) is 0. The van der Waals surface area contributed by atoms with Crippen molar-refractivity contribution in [3.63, 3.8) is 0 Å². The van der Waals surface area contributed by atoms with E-state index >= 15 is 0 Å². The van der Waals surface area contributed by atoms with E-state index in [2.05, 4.69) is 93.7 Å². The molecule has 1 fully saturated rings. The minimum atomic E-state index is -1.91. The number of aliphatic hydroxyl groups excluding tert-OH is 2. The summed E-state index contributed by atoms with van der Waals surface area (Å²) in [5.41, 5.74) is 0. The lowest BCUT2D eigenvalue weighted by Gasteiger charge is -2.40. The summed E-state index contributed by atoms with van der Waals surface area (Å²) < 4.78 is 28.5. The summed E-state index contributed by atoms with van der Waals surface area (Å²) in [5, 5.41) is 31.6. The molecule has 1 saturated heterocycles. The zero-order valence-electron chi connectivity index (χ0n) is 51.5. The van der Waals surface area contributed by atoms with Crippen molar-refractivity contribution >= 4 is 23.9 Å². The van der Waals surface area contributed by atoms with E-state index in [1.165, 1.54) is 103 Å². The number of aliphatic carboxylic acids is 1. The maximum Gasteiger partial charge on any atom is 0.335 e. The lowest BCUT2D eigenvalue weighted by molar-refractivity contribution is -0.301. The summed E-state index contributed by atoms with van der Waals surface area (Å²) in [6.07, 6.45) is 59.9. The van der Waals surface area contributed by atoms with Crippen LogP contribution in [0, 0.1) is 0 Å². The first kappa shape index (κ1) is 75.2. The number of carboxylic acid groups (broad SMARTS) is 1. The fraction of sp³-hybridized carbons (Fsp3) is 0.768. The Morgan fingerprint density at radius 2 is 0.778 bits per heavy atom. The van der Waals surface area contributed by atoms with Crippen LogP contribution in [0.2, 0.25) is 0 Å². The molecule has 1 heterocycles. The lowest BCUT2D eigenvalue weighted by atomic mass is 9.98. The summed E-state index contributed by atoms with van der Waals surface area (Å²) in [7, 11) is 0. The second-order valence-corrected chi connectivity index (χ2v) is 22.4. The van der Waals surface area contributed by atoms with Crippen LogP contribution in [0.5, 0.6) is 0 Å². The minimum Gasteiger partial charge on any atom is -0.479 e. The van der Waals surface area contributed by atoms with Crippen molar-refractivity contribution in [2.24, 2.45) is 0 Å². The molecule has 0 radical (unpaired) electrons. The van der Waals surface area contributed by atoms with Crippen molar-refractivity contribution in [2.75, 3.05) is 13.2 Å². The molecule has 0 bridgehead atoms. The van der Waals surface area contributed by atoms with Gasteiger partial charge in [0.1, 0.15) is 18.8 Å². The quantitative estimate of drug-likeness (QED) is 0.0228. The van der Waals surface area contributed by atoms with E-state index in [-0.39, 0.29) is 25.9 Å². The predicted octanol–water partition coefficient (Wildman–Crippen LogP) is 17.7. The molecule has 0 saturated carbocycles. The van der Waals surface area contributed by atoms with Crippen LogP contribution >= 0.6 is 0 Å². The normalized spacial score (nSPS) is 18.2. The third-order valence-electron chi connectivity index (χ3n) is 14.8. The van der Waals surface area contributed by atoms with Gasteiger partial charge >= 0.3 is 23.9 Å². The van der Waals surface area contributed by atoms with E-state index < -0.39 is 67.3 Å². The van der Waals surface area contributed by atoms with Gasteiger partial charge in [-0.25, -0.2) is 4.79 Å². The van der Waals surface area contributed by atoms with E-state index in [4.69, 9.17) is 23.7 Å². The van der Waals surface area contributed by atoms with E-state index in [1.807, 2.05) is 0 Å². The van der Waals surface area contributed by atoms with Gasteiger partial charge in [0.25, 0.3) is 0 Å². The zero-order valence-corrected chi connectivity index (χ0v) is 51.5. The molecule has 0 amide bonds. The number of rotatable bonds is 56. The Kier molecular flexibility index (Phi) is 52.6. The molecule has 0 aromatic carbocycles. The Morgan fingerprint density at radius 3 is 1.21 bits per heavy atom. The molecule has 1 aliphatic heterocycles. The van der Waals surface area contributed by atoms with E-state index in [9.17, 15) is 34.5 Å². The maximum absolute atomic E-state index is 13.2. The number of allylic oxidation sites excluding steroid dienone is 12. The molecular formula is C69H118O12. The first-order valence-electron chi connectivity index (χ1n) is 32.9. The summed E-state index contributed by atoms with van der Waals surface area (Å²) in [5.74, 6) is -3.14. The van der Waals surface area contributed by atoms with E-state index in [0.717, 1.165) is 128 Å². The second kappa shape index (κ2) is 56.6. The average Bonchev–Trinajstić information content (AvgIpc) is 3.53. The van der Waals surface area contributed by atoms with Gasteiger partial charge in [-0.1, -0.05) is 254 Å². The van der Waals surface area contributed by atoms with Gasteiger partial charge in [-0.05, 0) is 89.9 Å². The maximum atomic E-state index is 13.2. The molecule has 12 nitrogen and oxygen atoms in total. The predicted molar refractivity (Wildman–Crippen MR) is 331 cm³/mol. The van der Waals surface area contributed by atoms with Gasteiger partial charge < -0.3 is 39.0 Å². The number of esters is 3.